The van der Waals surface area contributed by atoms with Gasteiger partial charge in [0.1, 0.15) is 0 Å². The van der Waals surface area contributed by atoms with Crippen LogP contribution in [0.2, 0.25) is 0 Å². The van der Waals surface area contributed by atoms with Gasteiger partial charge in [-0.3, -0.25) is 0 Å². The molecule has 0 N–H and O–H groups in total. The molecule has 28 heavy (non-hydrogen) atoms. The summed E-state index contributed by atoms with van der Waals surface area (Å²) < 4.78 is 0. The Morgan fingerprint density at radius 3 is 2.11 bits per heavy atom. The van der Waals surface area contributed by atoms with Crippen LogP contribution < -0.4 is 0 Å². The lowest BCUT2D eigenvalue weighted by Gasteiger charge is -2.56. The fourth-order valence-corrected chi connectivity index (χ4v) is 4.66. The van der Waals surface area contributed by atoms with Gasteiger partial charge in [0.25, 0.3) is 0 Å². The number of rotatable bonds is 2. The fourth-order valence-electron chi connectivity index (χ4n) is 4.66. The molecule has 5 rings (SSSR count). The van der Waals surface area contributed by atoms with Gasteiger partial charge in [-0.05, 0) is 81.6 Å². The fraction of sp³-hybridized carbons (Fsp3) is 0.500. The van der Waals surface area contributed by atoms with Gasteiger partial charge in [0.2, 0.25) is 0 Å². The van der Waals surface area contributed by atoms with Crippen molar-refractivity contribution in [1.82, 2.24) is 0 Å². The Balaban J connectivity index is 0.000000151. The summed E-state index contributed by atoms with van der Waals surface area (Å²) in [7, 11) is 0. The highest BCUT2D eigenvalue weighted by Crippen LogP contribution is 2.58. The second-order valence-electron chi connectivity index (χ2n) is 9.47. The quantitative estimate of drug-likeness (QED) is 0.453. The van der Waals surface area contributed by atoms with Gasteiger partial charge >= 0.3 is 0 Å². The van der Waals surface area contributed by atoms with Crippen molar-refractivity contribution in [3.8, 4) is 0 Å². The Morgan fingerprint density at radius 1 is 1.07 bits per heavy atom. The highest BCUT2D eigenvalue weighted by molar-refractivity contribution is 5.45. The third-order valence-corrected chi connectivity index (χ3v) is 7.11. The van der Waals surface area contributed by atoms with E-state index in [4.69, 9.17) is 0 Å². The van der Waals surface area contributed by atoms with Crippen molar-refractivity contribution in [2.45, 2.75) is 66.7 Å². The Labute approximate surface area is 174 Å². The number of fused-ring (bicyclic) bond motifs is 1. The number of allylic oxidation sites excluding steroid dienone is 5. The highest BCUT2D eigenvalue weighted by atomic mass is 14.5. The topological polar surface area (TPSA) is 0 Å². The van der Waals surface area contributed by atoms with Crippen LogP contribution in [0.1, 0.15) is 72.3 Å². The van der Waals surface area contributed by atoms with Crippen molar-refractivity contribution < 1.29 is 0 Å². The van der Waals surface area contributed by atoms with E-state index >= 15 is 0 Å². The first-order chi connectivity index (χ1) is 13.3. The number of benzene rings is 1. The minimum absolute atomic E-state index is 0.638. The van der Waals surface area contributed by atoms with E-state index in [1.165, 1.54) is 43.2 Å². The summed E-state index contributed by atoms with van der Waals surface area (Å²) >= 11 is 0. The van der Waals surface area contributed by atoms with Gasteiger partial charge in [0.15, 0.2) is 0 Å². The Kier molecular flexibility index (Phi) is 8.10. The first kappa shape index (κ1) is 22.5. The average molecular weight is 377 g/mol. The molecule has 4 aliphatic carbocycles. The Hall–Kier alpha value is -1.82. The van der Waals surface area contributed by atoms with Crippen LogP contribution in [-0.4, -0.2) is 0 Å². The van der Waals surface area contributed by atoms with E-state index in [2.05, 4.69) is 59.9 Å². The molecular weight excluding hydrogens is 336 g/mol. The van der Waals surface area contributed by atoms with Crippen molar-refractivity contribution in [2.24, 2.45) is 23.2 Å². The van der Waals surface area contributed by atoms with Crippen molar-refractivity contribution in [2.75, 3.05) is 0 Å². The summed E-state index contributed by atoms with van der Waals surface area (Å²) in [5.41, 5.74) is 6.36. The Bertz CT molecular complexity index is 714. The normalized spacial score (nSPS) is 26.7. The van der Waals surface area contributed by atoms with Gasteiger partial charge in [-0.1, -0.05) is 92.3 Å². The number of hydrogen-bond acceptors (Lipinski definition) is 0. The zero-order valence-corrected chi connectivity index (χ0v) is 18.8. The molecule has 0 saturated heterocycles. The molecular formula is C28H40. The maximum atomic E-state index is 3.97. The molecule has 3 unspecified atom stereocenters. The zero-order chi connectivity index (χ0) is 20.7. The van der Waals surface area contributed by atoms with Gasteiger partial charge < -0.3 is 0 Å². The molecule has 152 valence electrons. The van der Waals surface area contributed by atoms with E-state index in [-0.39, 0.29) is 0 Å². The molecule has 0 aromatic heterocycles. The predicted molar refractivity (Wildman–Crippen MR) is 126 cm³/mol. The third kappa shape index (κ3) is 5.84. The van der Waals surface area contributed by atoms with Crippen LogP contribution in [0.3, 0.4) is 0 Å². The molecule has 0 nitrogen and oxygen atoms in total. The molecule has 0 amide bonds. The first-order valence-electron chi connectivity index (χ1n) is 10.9. The maximum Gasteiger partial charge on any atom is -0.0149 e. The predicted octanol–water partition coefficient (Wildman–Crippen LogP) is 8.64. The molecule has 4 aliphatic rings. The van der Waals surface area contributed by atoms with Gasteiger partial charge in [0.05, 0.1) is 0 Å². The van der Waals surface area contributed by atoms with Crippen molar-refractivity contribution in [1.29, 1.82) is 0 Å². The van der Waals surface area contributed by atoms with Gasteiger partial charge in [-0.15, -0.1) is 0 Å². The van der Waals surface area contributed by atoms with Crippen LogP contribution in [0.25, 0.3) is 6.08 Å². The molecule has 3 atom stereocenters. The van der Waals surface area contributed by atoms with Gasteiger partial charge in [-0.25, -0.2) is 0 Å². The summed E-state index contributed by atoms with van der Waals surface area (Å²) in [6, 6.07) is 10.0. The van der Waals surface area contributed by atoms with Gasteiger partial charge in [-0.2, -0.15) is 0 Å². The molecule has 0 heterocycles. The van der Waals surface area contributed by atoms with E-state index in [0.717, 1.165) is 17.8 Å². The van der Waals surface area contributed by atoms with Crippen molar-refractivity contribution in [3.63, 3.8) is 0 Å². The van der Waals surface area contributed by atoms with Crippen LogP contribution in [0.4, 0.5) is 0 Å². The molecule has 0 aliphatic heterocycles. The van der Waals surface area contributed by atoms with Crippen LogP contribution in [0, 0.1) is 23.2 Å². The molecule has 0 radical (unpaired) electrons. The van der Waals surface area contributed by atoms with Crippen LogP contribution >= 0.6 is 0 Å². The summed E-state index contributed by atoms with van der Waals surface area (Å²) in [5, 5.41) is 0. The van der Waals surface area contributed by atoms with Crippen molar-refractivity contribution >= 4 is 6.08 Å². The van der Waals surface area contributed by atoms with E-state index in [1.54, 1.807) is 11.1 Å². The Morgan fingerprint density at radius 2 is 1.75 bits per heavy atom. The SMILES string of the molecule is C=C(C)C1CC=C(C)CC1.C=Cc1ccccc1.CC1=CCC2CC1C2(C)C. The van der Waals surface area contributed by atoms with Crippen LogP contribution in [0.15, 0.2) is 72.4 Å². The second-order valence-corrected chi connectivity index (χ2v) is 9.47. The molecule has 1 aromatic rings. The molecule has 0 heteroatoms. The molecule has 1 fully saturated rings. The largest absolute Gasteiger partial charge is 0.0998 e. The monoisotopic (exact) mass is 376 g/mol. The third-order valence-electron chi connectivity index (χ3n) is 7.11. The summed E-state index contributed by atoms with van der Waals surface area (Å²) in [6.07, 6.45) is 13.2. The van der Waals surface area contributed by atoms with E-state index in [9.17, 15) is 0 Å². The van der Waals surface area contributed by atoms with Gasteiger partial charge in [0, 0.05) is 0 Å². The average Bonchev–Trinajstić information content (AvgIpc) is 2.69. The standard InChI is InChI=1S/2C10H16.C8H8/c1-7-4-5-8-6-9(7)10(8,2)3;1-8(2)10-6-4-9(3)5-7-10;1-2-8-6-4-3-5-7-8/h4,8-9H,5-6H2,1-3H3;4,10H,1,5-7H2,2-3H3;2-7H,1H2. The minimum atomic E-state index is 0.638. The number of hydrogen-bond donors (Lipinski definition) is 0. The minimum Gasteiger partial charge on any atom is -0.0998 e. The smallest absolute Gasteiger partial charge is 0.0149 e. The van der Waals surface area contributed by atoms with Crippen LogP contribution in [-0.2, 0) is 0 Å². The lowest BCUT2D eigenvalue weighted by atomic mass is 9.49. The summed E-state index contributed by atoms with van der Waals surface area (Å²) in [5.74, 6) is 2.69. The highest BCUT2D eigenvalue weighted by Gasteiger charge is 2.49. The van der Waals surface area contributed by atoms with Crippen molar-refractivity contribution in [3.05, 3.63) is 77.9 Å². The maximum absolute atomic E-state index is 3.97. The van der Waals surface area contributed by atoms with E-state index < -0.39 is 0 Å². The molecule has 2 bridgehead atoms. The van der Waals surface area contributed by atoms with E-state index in [0.29, 0.717) is 5.41 Å². The zero-order valence-electron chi connectivity index (χ0n) is 18.8. The lowest BCUT2D eigenvalue weighted by molar-refractivity contribution is -0.00579. The molecule has 1 saturated carbocycles. The molecule has 1 aromatic carbocycles. The summed E-state index contributed by atoms with van der Waals surface area (Å²) in [6.45, 7) is 19.1. The summed E-state index contributed by atoms with van der Waals surface area (Å²) in [4.78, 5) is 0. The first-order valence-corrected chi connectivity index (χ1v) is 10.9. The van der Waals surface area contributed by atoms with Crippen LogP contribution in [0.5, 0.6) is 0 Å². The lowest BCUT2D eigenvalue weighted by Crippen LogP contribution is -2.47. The molecule has 0 spiro atoms. The second kappa shape index (κ2) is 10.1. The van der Waals surface area contributed by atoms with E-state index in [1.807, 2.05) is 36.4 Å².